The van der Waals surface area contributed by atoms with Crippen LogP contribution in [0, 0.1) is 17.6 Å². The van der Waals surface area contributed by atoms with Crippen molar-refractivity contribution in [2.75, 3.05) is 6.54 Å². The zero-order valence-corrected chi connectivity index (χ0v) is 11.6. The van der Waals surface area contributed by atoms with Gasteiger partial charge in [0.05, 0.1) is 6.10 Å². The fourth-order valence-electron chi connectivity index (χ4n) is 1.73. The van der Waals surface area contributed by atoms with Crippen molar-refractivity contribution in [3.05, 3.63) is 41.5 Å². The molecule has 1 rings (SSSR count). The summed E-state index contributed by atoms with van der Waals surface area (Å²) in [5.41, 5.74) is -0.259. The van der Waals surface area contributed by atoms with Crippen LogP contribution in [-0.2, 0) is 4.79 Å². The standard InChI is InChI=1S/C15H19F2NO2/c1-10(2)8-11(19)9-18-15(20)7-6-12-13(16)4-3-5-14(12)17/h3-7,10-11,19H,8-9H2,1-2H3,(H,18,20)/b7-6+. The molecule has 1 aromatic rings. The average molecular weight is 283 g/mol. The summed E-state index contributed by atoms with van der Waals surface area (Å²) in [5, 5.41) is 12.1. The lowest BCUT2D eigenvalue weighted by molar-refractivity contribution is -0.116. The van der Waals surface area contributed by atoms with Gasteiger partial charge in [0.25, 0.3) is 0 Å². The molecule has 5 heteroatoms. The Hall–Kier alpha value is -1.75. The molecule has 0 saturated heterocycles. The lowest BCUT2D eigenvalue weighted by Crippen LogP contribution is -2.31. The predicted molar refractivity (Wildman–Crippen MR) is 73.9 cm³/mol. The summed E-state index contributed by atoms with van der Waals surface area (Å²) in [4.78, 5) is 11.5. The number of rotatable bonds is 6. The molecular weight excluding hydrogens is 264 g/mol. The Kier molecular flexibility index (Phi) is 6.31. The molecule has 0 heterocycles. The van der Waals surface area contributed by atoms with Crippen LogP contribution in [0.4, 0.5) is 8.78 Å². The molecular formula is C15H19F2NO2. The highest BCUT2D eigenvalue weighted by atomic mass is 19.1. The molecule has 0 spiro atoms. The molecule has 3 nitrogen and oxygen atoms in total. The third-order valence-electron chi connectivity index (χ3n) is 2.66. The smallest absolute Gasteiger partial charge is 0.244 e. The summed E-state index contributed by atoms with van der Waals surface area (Å²) in [6, 6.07) is 3.49. The Labute approximate surface area is 117 Å². The van der Waals surface area contributed by atoms with Gasteiger partial charge in [-0.1, -0.05) is 19.9 Å². The van der Waals surface area contributed by atoms with Crippen LogP contribution in [-0.4, -0.2) is 23.7 Å². The monoisotopic (exact) mass is 283 g/mol. The van der Waals surface area contributed by atoms with Crippen LogP contribution in [0.5, 0.6) is 0 Å². The van der Waals surface area contributed by atoms with Gasteiger partial charge in [0.15, 0.2) is 0 Å². The minimum atomic E-state index is -0.728. The van der Waals surface area contributed by atoms with Crippen molar-refractivity contribution in [1.29, 1.82) is 0 Å². The number of aliphatic hydroxyl groups excluding tert-OH is 1. The Morgan fingerprint density at radius 2 is 1.95 bits per heavy atom. The van der Waals surface area contributed by atoms with Gasteiger partial charge in [-0.15, -0.1) is 0 Å². The fourth-order valence-corrected chi connectivity index (χ4v) is 1.73. The van der Waals surface area contributed by atoms with Gasteiger partial charge >= 0.3 is 0 Å². The molecule has 2 N–H and O–H groups in total. The van der Waals surface area contributed by atoms with Crippen LogP contribution in [0.25, 0.3) is 6.08 Å². The quantitative estimate of drug-likeness (QED) is 0.788. The number of amides is 1. The van der Waals surface area contributed by atoms with Crippen molar-refractivity contribution >= 4 is 12.0 Å². The first kappa shape index (κ1) is 16.3. The highest BCUT2D eigenvalue weighted by Crippen LogP contribution is 2.13. The van der Waals surface area contributed by atoms with E-state index in [1.165, 1.54) is 6.07 Å². The predicted octanol–water partition coefficient (Wildman–Crippen LogP) is 2.50. The van der Waals surface area contributed by atoms with Gasteiger partial charge in [-0.25, -0.2) is 8.78 Å². The highest BCUT2D eigenvalue weighted by Gasteiger charge is 2.08. The second-order valence-electron chi connectivity index (χ2n) is 5.00. The van der Waals surface area contributed by atoms with Gasteiger partial charge in [-0.2, -0.15) is 0 Å². The molecule has 0 saturated carbocycles. The first-order valence-electron chi connectivity index (χ1n) is 6.48. The fraction of sp³-hybridized carbons (Fsp3) is 0.400. The van der Waals surface area contributed by atoms with E-state index in [2.05, 4.69) is 5.32 Å². The van der Waals surface area contributed by atoms with Crippen molar-refractivity contribution in [2.45, 2.75) is 26.4 Å². The van der Waals surface area contributed by atoms with E-state index in [0.717, 1.165) is 24.3 Å². The number of hydrogen-bond acceptors (Lipinski definition) is 2. The molecule has 1 aromatic carbocycles. The van der Waals surface area contributed by atoms with E-state index >= 15 is 0 Å². The maximum atomic E-state index is 13.3. The first-order valence-corrected chi connectivity index (χ1v) is 6.48. The van der Waals surface area contributed by atoms with E-state index < -0.39 is 23.6 Å². The van der Waals surface area contributed by atoms with Crippen LogP contribution in [0.2, 0.25) is 0 Å². The topological polar surface area (TPSA) is 49.3 Å². The van der Waals surface area contributed by atoms with Crippen molar-refractivity contribution in [2.24, 2.45) is 5.92 Å². The van der Waals surface area contributed by atoms with Crippen LogP contribution in [0.1, 0.15) is 25.8 Å². The Bertz CT molecular complexity index is 467. The Balaban J connectivity index is 2.52. The Morgan fingerprint density at radius 1 is 1.35 bits per heavy atom. The van der Waals surface area contributed by atoms with Crippen LogP contribution >= 0.6 is 0 Å². The maximum Gasteiger partial charge on any atom is 0.244 e. The molecule has 20 heavy (non-hydrogen) atoms. The third kappa shape index (κ3) is 5.48. The summed E-state index contributed by atoms with van der Waals surface area (Å²) in [6.45, 7) is 4.04. The number of carbonyl (C=O) groups is 1. The minimum absolute atomic E-state index is 0.112. The lowest BCUT2D eigenvalue weighted by Gasteiger charge is -2.12. The molecule has 0 aromatic heterocycles. The molecule has 0 aliphatic heterocycles. The summed E-state index contributed by atoms with van der Waals surface area (Å²) >= 11 is 0. The molecule has 110 valence electrons. The van der Waals surface area contributed by atoms with Crippen molar-refractivity contribution in [1.82, 2.24) is 5.32 Å². The van der Waals surface area contributed by atoms with Gasteiger partial charge in [-0.3, -0.25) is 4.79 Å². The van der Waals surface area contributed by atoms with E-state index in [1.54, 1.807) is 0 Å². The van der Waals surface area contributed by atoms with E-state index in [9.17, 15) is 18.7 Å². The van der Waals surface area contributed by atoms with E-state index in [-0.39, 0.29) is 12.1 Å². The van der Waals surface area contributed by atoms with Gasteiger partial charge < -0.3 is 10.4 Å². The minimum Gasteiger partial charge on any atom is -0.391 e. The summed E-state index contributed by atoms with van der Waals surface area (Å²) in [6.07, 6.45) is 2.07. The molecule has 1 amide bonds. The van der Waals surface area contributed by atoms with Gasteiger partial charge in [0, 0.05) is 18.2 Å². The van der Waals surface area contributed by atoms with E-state index in [1.807, 2.05) is 13.8 Å². The van der Waals surface area contributed by atoms with Crippen molar-refractivity contribution in [3.8, 4) is 0 Å². The van der Waals surface area contributed by atoms with Crippen LogP contribution in [0.3, 0.4) is 0 Å². The SMILES string of the molecule is CC(C)CC(O)CNC(=O)/C=C/c1c(F)cccc1F. The molecule has 1 atom stereocenters. The largest absolute Gasteiger partial charge is 0.391 e. The van der Waals surface area contributed by atoms with Gasteiger partial charge in [-0.05, 0) is 30.5 Å². The van der Waals surface area contributed by atoms with Crippen LogP contribution < -0.4 is 5.32 Å². The van der Waals surface area contributed by atoms with E-state index in [4.69, 9.17) is 0 Å². The zero-order valence-electron chi connectivity index (χ0n) is 11.6. The number of halogens is 2. The average Bonchev–Trinajstić information content (AvgIpc) is 2.35. The normalized spacial score (nSPS) is 12.9. The molecule has 0 bridgehead atoms. The lowest BCUT2D eigenvalue weighted by atomic mass is 10.1. The summed E-state index contributed by atoms with van der Waals surface area (Å²) < 4.78 is 26.6. The van der Waals surface area contributed by atoms with E-state index in [0.29, 0.717) is 12.3 Å². The molecule has 0 aliphatic rings. The van der Waals surface area contributed by atoms with Gasteiger partial charge in [0.2, 0.25) is 5.91 Å². The van der Waals surface area contributed by atoms with Crippen molar-refractivity contribution in [3.63, 3.8) is 0 Å². The van der Waals surface area contributed by atoms with Crippen molar-refractivity contribution < 1.29 is 18.7 Å². The summed E-state index contributed by atoms with van der Waals surface area (Å²) in [5.74, 6) is -1.64. The molecule has 0 fully saturated rings. The second kappa shape index (κ2) is 7.75. The third-order valence-corrected chi connectivity index (χ3v) is 2.66. The molecule has 1 unspecified atom stereocenters. The van der Waals surface area contributed by atoms with Crippen LogP contribution in [0.15, 0.2) is 24.3 Å². The second-order valence-corrected chi connectivity index (χ2v) is 5.00. The molecule has 0 radical (unpaired) electrons. The number of aliphatic hydroxyl groups is 1. The number of carbonyl (C=O) groups excluding carboxylic acids is 1. The maximum absolute atomic E-state index is 13.3. The number of hydrogen-bond donors (Lipinski definition) is 2. The highest BCUT2D eigenvalue weighted by molar-refractivity contribution is 5.91. The number of benzene rings is 1. The summed E-state index contributed by atoms with van der Waals surface area (Å²) in [7, 11) is 0. The molecule has 0 aliphatic carbocycles. The Morgan fingerprint density at radius 3 is 2.50 bits per heavy atom. The first-order chi connectivity index (χ1) is 9.40. The zero-order chi connectivity index (χ0) is 15.1. The number of nitrogens with one attached hydrogen (secondary N) is 1. The van der Waals surface area contributed by atoms with Gasteiger partial charge in [0.1, 0.15) is 11.6 Å².